The Labute approximate surface area is 211 Å². The molecular formula is C24H30F3N3O7. The van der Waals surface area contributed by atoms with Crippen LogP contribution in [0.2, 0.25) is 0 Å². The first-order valence-electron chi connectivity index (χ1n) is 12.2. The summed E-state index contributed by atoms with van der Waals surface area (Å²) in [6, 6.07) is 4.88. The number of carbonyl (C=O) groups is 3. The smallest absolute Gasteiger partial charge is 0.475 e. The molecule has 0 aromatic heterocycles. The molecule has 13 heteroatoms. The number of rotatable bonds is 4. The third-order valence-corrected chi connectivity index (χ3v) is 7.53. The van der Waals surface area contributed by atoms with Crippen LogP contribution in [0.1, 0.15) is 48.9 Å². The standard InChI is InChI=1S/C22H29N3O5.C2HF3O2/c23-20(22(28)24-7-1-2-17(24)11-26)14-8-15-4-5-16(9-14)25(15)21(27)13-3-6-18-19(10-13)30-12-29-18;3-2(4,5)1(6)7/h3,6,10,14-17,20,26H,1-2,4-5,7-9,11-12,23H2;(H,6,7)/t14?,15?,16?,17-,20-;/m0./s1. The van der Waals surface area contributed by atoms with Gasteiger partial charge in [0.15, 0.2) is 11.5 Å². The number of nitrogens with two attached hydrogens (primary N) is 1. The van der Waals surface area contributed by atoms with E-state index in [-0.39, 0.29) is 49.3 Å². The van der Waals surface area contributed by atoms with Crippen LogP contribution in [0.4, 0.5) is 13.2 Å². The quantitative estimate of drug-likeness (QED) is 0.536. The van der Waals surface area contributed by atoms with Crippen LogP contribution in [0, 0.1) is 5.92 Å². The molecule has 5 rings (SSSR count). The topological polar surface area (TPSA) is 143 Å². The van der Waals surface area contributed by atoms with E-state index in [1.165, 1.54) is 0 Å². The van der Waals surface area contributed by atoms with Crippen molar-refractivity contribution in [3.8, 4) is 11.5 Å². The number of carboxylic acids is 1. The number of aliphatic hydroxyl groups excluding tert-OH is 1. The van der Waals surface area contributed by atoms with Crippen molar-refractivity contribution < 1.29 is 47.2 Å². The summed E-state index contributed by atoms with van der Waals surface area (Å²) in [7, 11) is 0. The Morgan fingerprint density at radius 1 is 1.08 bits per heavy atom. The van der Waals surface area contributed by atoms with E-state index in [9.17, 15) is 27.9 Å². The van der Waals surface area contributed by atoms with E-state index in [2.05, 4.69) is 0 Å². The van der Waals surface area contributed by atoms with Crippen molar-refractivity contribution in [1.82, 2.24) is 9.80 Å². The summed E-state index contributed by atoms with van der Waals surface area (Å²) in [4.78, 5) is 38.9. The van der Waals surface area contributed by atoms with Gasteiger partial charge in [0.05, 0.1) is 18.7 Å². The van der Waals surface area contributed by atoms with Gasteiger partial charge in [-0.3, -0.25) is 9.59 Å². The number of fused-ring (bicyclic) bond motifs is 3. The maximum absolute atomic E-state index is 13.3. The molecule has 4 atom stereocenters. The van der Waals surface area contributed by atoms with Gasteiger partial charge in [0.1, 0.15) is 0 Å². The number of alkyl halides is 3. The molecule has 0 radical (unpaired) electrons. The van der Waals surface area contributed by atoms with E-state index in [0.29, 0.717) is 23.6 Å². The molecule has 1 aromatic rings. The second-order valence-corrected chi connectivity index (χ2v) is 9.74. The van der Waals surface area contributed by atoms with Gasteiger partial charge in [-0.15, -0.1) is 0 Å². The summed E-state index contributed by atoms with van der Waals surface area (Å²) in [6.45, 7) is 0.849. The van der Waals surface area contributed by atoms with Crippen molar-refractivity contribution >= 4 is 17.8 Å². The highest BCUT2D eigenvalue weighted by atomic mass is 19.4. The molecule has 2 amide bonds. The van der Waals surface area contributed by atoms with Gasteiger partial charge < -0.3 is 35.2 Å². The average Bonchev–Trinajstić information content (AvgIpc) is 3.59. The van der Waals surface area contributed by atoms with Gasteiger partial charge in [0.2, 0.25) is 12.7 Å². The van der Waals surface area contributed by atoms with Gasteiger partial charge in [-0.05, 0) is 62.6 Å². The molecule has 0 aliphatic carbocycles. The molecule has 3 saturated heterocycles. The zero-order valence-corrected chi connectivity index (χ0v) is 20.0. The fourth-order valence-electron chi connectivity index (χ4n) is 5.73. The zero-order chi connectivity index (χ0) is 26.9. The molecular weight excluding hydrogens is 499 g/mol. The molecule has 4 aliphatic rings. The second-order valence-electron chi connectivity index (χ2n) is 9.74. The predicted octanol–water partition coefficient (Wildman–Crippen LogP) is 1.74. The first-order valence-corrected chi connectivity index (χ1v) is 12.2. The van der Waals surface area contributed by atoms with Crippen LogP contribution in [0.15, 0.2) is 18.2 Å². The number of benzene rings is 1. The van der Waals surface area contributed by atoms with Crippen molar-refractivity contribution in [3.05, 3.63) is 23.8 Å². The molecule has 2 bridgehead atoms. The number of likely N-dealkylation sites (tertiary alicyclic amines) is 1. The third kappa shape index (κ3) is 5.61. The summed E-state index contributed by atoms with van der Waals surface area (Å²) in [6.07, 6.45) is 0.0530. The Bertz CT molecular complexity index is 1020. The number of amides is 2. The molecule has 0 saturated carbocycles. The van der Waals surface area contributed by atoms with E-state index in [4.69, 9.17) is 25.1 Å². The number of halogens is 3. The van der Waals surface area contributed by atoms with E-state index < -0.39 is 18.2 Å². The molecule has 204 valence electrons. The summed E-state index contributed by atoms with van der Waals surface area (Å²) < 4.78 is 42.5. The van der Waals surface area contributed by atoms with Crippen LogP contribution >= 0.6 is 0 Å². The number of ether oxygens (including phenoxy) is 2. The van der Waals surface area contributed by atoms with Crippen LogP contribution in [-0.4, -0.2) is 88.1 Å². The maximum Gasteiger partial charge on any atom is 0.490 e. The first-order chi connectivity index (χ1) is 17.5. The molecule has 4 N–H and O–H groups in total. The molecule has 4 heterocycles. The number of aliphatic carboxylic acids is 1. The van der Waals surface area contributed by atoms with Gasteiger partial charge in [0.25, 0.3) is 5.91 Å². The highest BCUT2D eigenvalue weighted by molar-refractivity contribution is 5.95. The number of piperidine rings is 1. The van der Waals surface area contributed by atoms with Crippen LogP contribution in [0.25, 0.3) is 0 Å². The number of hydrogen-bond donors (Lipinski definition) is 3. The number of nitrogens with zero attached hydrogens (tertiary/aromatic N) is 2. The Kier molecular flexibility index (Phi) is 7.83. The third-order valence-electron chi connectivity index (χ3n) is 7.53. The lowest BCUT2D eigenvalue weighted by molar-refractivity contribution is -0.192. The number of carboxylic acid groups (broad SMARTS) is 1. The lowest BCUT2D eigenvalue weighted by Gasteiger charge is -2.41. The zero-order valence-electron chi connectivity index (χ0n) is 20.0. The lowest BCUT2D eigenvalue weighted by Crippen LogP contribution is -2.55. The monoisotopic (exact) mass is 529 g/mol. The Hall–Kier alpha value is -3.06. The molecule has 1 aromatic carbocycles. The minimum atomic E-state index is -5.08. The minimum absolute atomic E-state index is 0.00775. The largest absolute Gasteiger partial charge is 0.490 e. The van der Waals surface area contributed by atoms with Crippen LogP contribution in [0.5, 0.6) is 11.5 Å². The fourth-order valence-corrected chi connectivity index (χ4v) is 5.73. The van der Waals surface area contributed by atoms with Gasteiger partial charge in [-0.25, -0.2) is 4.79 Å². The summed E-state index contributed by atoms with van der Waals surface area (Å²) >= 11 is 0. The van der Waals surface area contributed by atoms with Crippen molar-refractivity contribution in [2.24, 2.45) is 11.7 Å². The predicted molar refractivity (Wildman–Crippen MR) is 122 cm³/mol. The Morgan fingerprint density at radius 2 is 1.70 bits per heavy atom. The molecule has 0 spiro atoms. The Morgan fingerprint density at radius 3 is 2.30 bits per heavy atom. The Balaban J connectivity index is 0.000000405. The summed E-state index contributed by atoms with van der Waals surface area (Å²) in [5.41, 5.74) is 7.04. The normalized spacial score (nSPS) is 26.9. The van der Waals surface area contributed by atoms with Gasteiger partial charge >= 0.3 is 12.1 Å². The van der Waals surface area contributed by atoms with Gasteiger partial charge in [-0.2, -0.15) is 13.2 Å². The van der Waals surface area contributed by atoms with Crippen molar-refractivity contribution in [2.75, 3.05) is 19.9 Å². The highest BCUT2D eigenvalue weighted by Crippen LogP contribution is 2.42. The average molecular weight is 530 g/mol. The SMILES string of the molecule is N[C@H](C(=O)N1CCC[C@H]1CO)C1CC2CCC(C1)N2C(=O)c1ccc2c(c1)OCO2.O=C(O)C(F)(F)F. The maximum atomic E-state index is 13.3. The number of aliphatic hydroxyl groups is 1. The first kappa shape index (κ1) is 27.0. The molecule has 4 aliphatic heterocycles. The van der Waals surface area contributed by atoms with Crippen molar-refractivity contribution in [2.45, 2.75) is 68.9 Å². The van der Waals surface area contributed by atoms with E-state index >= 15 is 0 Å². The second kappa shape index (κ2) is 10.7. The fraction of sp³-hybridized carbons (Fsp3) is 0.625. The van der Waals surface area contributed by atoms with E-state index in [0.717, 1.165) is 38.5 Å². The van der Waals surface area contributed by atoms with Crippen molar-refractivity contribution in [3.63, 3.8) is 0 Å². The van der Waals surface area contributed by atoms with Crippen molar-refractivity contribution in [1.29, 1.82) is 0 Å². The highest BCUT2D eigenvalue weighted by Gasteiger charge is 2.47. The van der Waals surface area contributed by atoms with Gasteiger partial charge in [-0.1, -0.05) is 0 Å². The molecule has 3 fully saturated rings. The number of hydrogen-bond acceptors (Lipinski definition) is 7. The van der Waals surface area contributed by atoms with Gasteiger partial charge in [0, 0.05) is 24.2 Å². The van der Waals surface area contributed by atoms with Crippen LogP contribution < -0.4 is 15.2 Å². The molecule has 10 nitrogen and oxygen atoms in total. The number of carbonyl (C=O) groups excluding carboxylic acids is 2. The van der Waals surface area contributed by atoms with Crippen LogP contribution in [0.3, 0.4) is 0 Å². The molecule has 37 heavy (non-hydrogen) atoms. The summed E-state index contributed by atoms with van der Waals surface area (Å²) in [5, 5.41) is 16.7. The summed E-state index contributed by atoms with van der Waals surface area (Å²) in [5.74, 6) is -1.45. The van der Waals surface area contributed by atoms with E-state index in [1.807, 2.05) is 4.90 Å². The minimum Gasteiger partial charge on any atom is -0.475 e. The van der Waals surface area contributed by atoms with E-state index in [1.54, 1.807) is 23.1 Å². The lowest BCUT2D eigenvalue weighted by atomic mass is 9.84. The van der Waals surface area contributed by atoms with Crippen LogP contribution in [-0.2, 0) is 9.59 Å². The molecule has 2 unspecified atom stereocenters.